The third-order valence-corrected chi connectivity index (χ3v) is 6.82. The average Bonchev–Trinajstić information content (AvgIpc) is 3.36. The number of rotatable bonds is 6. The topological polar surface area (TPSA) is 84.0 Å². The van der Waals surface area contributed by atoms with Gasteiger partial charge >= 0.3 is 0 Å². The molecular formula is C29H26ClN3O4. The van der Waals surface area contributed by atoms with E-state index in [0.29, 0.717) is 39.7 Å². The highest BCUT2D eigenvalue weighted by Crippen LogP contribution is 2.43. The molecule has 188 valence electrons. The number of fused-ring (bicyclic) bond motifs is 1. The van der Waals surface area contributed by atoms with Gasteiger partial charge in [0.15, 0.2) is 11.5 Å². The van der Waals surface area contributed by atoms with Gasteiger partial charge in [0.05, 0.1) is 31.5 Å². The van der Waals surface area contributed by atoms with E-state index in [4.69, 9.17) is 26.2 Å². The average molecular weight is 516 g/mol. The van der Waals surface area contributed by atoms with Gasteiger partial charge in [0, 0.05) is 39.9 Å². The van der Waals surface area contributed by atoms with E-state index in [1.807, 2.05) is 48.5 Å². The fraction of sp³-hybridized carbons (Fsp3) is 0.207. The van der Waals surface area contributed by atoms with E-state index >= 15 is 0 Å². The summed E-state index contributed by atoms with van der Waals surface area (Å²) in [5.41, 5.74) is 3.65. The molecule has 0 radical (unpaired) electrons. The molecule has 4 aromatic rings. The molecular weight excluding hydrogens is 490 g/mol. The van der Waals surface area contributed by atoms with Crippen LogP contribution in [0.5, 0.6) is 11.5 Å². The Hall–Kier alpha value is -4.10. The number of H-pyrrole nitrogens is 1. The van der Waals surface area contributed by atoms with E-state index in [-0.39, 0.29) is 17.9 Å². The largest absolute Gasteiger partial charge is 0.493 e. The summed E-state index contributed by atoms with van der Waals surface area (Å²) in [6.07, 6.45) is 0.582. The minimum absolute atomic E-state index is 0.161. The fourth-order valence-electron chi connectivity index (χ4n) is 4.92. The number of nitrogens with one attached hydrogen (secondary N) is 1. The molecule has 0 fully saturated rings. The van der Waals surface area contributed by atoms with Crippen molar-refractivity contribution in [1.82, 2.24) is 9.99 Å². The molecule has 0 spiro atoms. The Kier molecular flexibility index (Phi) is 6.72. The van der Waals surface area contributed by atoms with E-state index in [1.165, 1.54) is 5.01 Å². The maximum Gasteiger partial charge on any atom is 0.258 e. The highest BCUT2D eigenvalue weighted by atomic mass is 35.5. The van der Waals surface area contributed by atoms with Gasteiger partial charge in [0.2, 0.25) is 5.91 Å². The summed E-state index contributed by atoms with van der Waals surface area (Å²) in [5.74, 6) is 0.926. The third-order valence-electron chi connectivity index (χ3n) is 6.59. The number of pyridine rings is 1. The fourth-order valence-corrected chi connectivity index (χ4v) is 5.09. The number of carbonyl (C=O) groups is 1. The summed E-state index contributed by atoms with van der Waals surface area (Å²) in [6, 6.07) is 20.1. The summed E-state index contributed by atoms with van der Waals surface area (Å²) >= 11 is 6.38. The van der Waals surface area contributed by atoms with Crippen molar-refractivity contribution in [2.75, 3.05) is 14.2 Å². The van der Waals surface area contributed by atoms with Gasteiger partial charge in [-0.1, -0.05) is 61.0 Å². The maximum absolute atomic E-state index is 13.6. The summed E-state index contributed by atoms with van der Waals surface area (Å²) in [4.78, 5) is 29.6. The molecule has 1 aliphatic rings. The monoisotopic (exact) mass is 515 g/mol. The van der Waals surface area contributed by atoms with Gasteiger partial charge in [-0.25, -0.2) is 5.01 Å². The maximum atomic E-state index is 13.6. The van der Waals surface area contributed by atoms with Gasteiger partial charge in [-0.15, -0.1) is 0 Å². The van der Waals surface area contributed by atoms with Crippen LogP contribution in [0.4, 0.5) is 0 Å². The zero-order chi connectivity index (χ0) is 26.1. The molecule has 0 saturated heterocycles. The first-order chi connectivity index (χ1) is 18.0. The molecule has 37 heavy (non-hydrogen) atoms. The number of methoxy groups -OCH3 is 2. The van der Waals surface area contributed by atoms with Crippen molar-refractivity contribution in [1.29, 1.82) is 0 Å². The number of hydrogen-bond acceptors (Lipinski definition) is 5. The number of hydrazone groups is 1. The normalized spacial score (nSPS) is 15.1. The number of hydrogen-bond donors (Lipinski definition) is 1. The van der Waals surface area contributed by atoms with Crippen LogP contribution >= 0.6 is 11.6 Å². The van der Waals surface area contributed by atoms with E-state index in [9.17, 15) is 9.59 Å². The summed E-state index contributed by atoms with van der Waals surface area (Å²) in [6.45, 7) is 1.79. The molecule has 5 rings (SSSR count). The Balaban J connectivity index is 1.74. The Morgan fingerprint density at radius 1 is 1.05 bits per heavy atom. The summed E-state index contributed by atoms with van der Waals surface area (Å²) in [7, 11) is 3.13. The first-order valence-electron chi connectivity index (χ1n) is 12.0. The first-order valence-corrected chi connectivity index (χ1v) is 12.4. The van der Waals surface area contributed by atoms with Crippen molar-refractivity contribution in [3.63, 3.8) is 0 Å². The van der Waals surface area contributed by atoms with Gasteiger partial charge in [0.1, 0.15) is 0 Å². The first kappa shape index (κ1) is 24.6. The lowest BCUT2D eigenvalue weighted by Crippen LogP contribution is -2.26. The van der Waals surface area contributed by atoms with Crippen molar-refractivity contribution in [2.45, 2.75) is 25.8 Å². The Labute approximate surface area is 219 Å². The van der Waals surface area contributed by atoms with E-state index in [2.05, 4.69) is 4.98 Å². The van der Waals surface area contributed by atoms with Crippen molar-refractivity contribution >= 4 is 34.1 Å². The lowest BCUT2D eigenvalue weighted by molar-refractivity contribution is -0.132. The van der Waals surface area contributed by atoms with Crippen molar-refractivity contribution in [2.24, 2.45) is 5.10 Å². The van der Waals surface area contributed by atoms with Crippen LogP contribution in [0, 0.1) is 0 Å². The molecule has 1 aliphatic heterocycles. The van der Waals surface area contributed by atoms with Gasteiger partial charge in [0.25, 0.3) is 5.56 Å². The molecule has 7 nitrogen and oxygen atoms in total. The van der Waals surface area contributed by atoms with Crippen LogP contribution < -0.4 is 15.0 Å². The lowest BCUT2D eigenvalue weighted by atomic mass is 9.90. The summed E-state index contributed by atoms with van der Waals surface area (Å²) in [5, 5.41) is 7.56. The molecule has 1 amide bonds. The molecule has 0 aliphatic carbocycles. The number of carbonyl (C=O) groups excluding carboxylic acids is 1. The Morgan fingerprint density at radius 2 is 1.84 bits per heavy atom. The zero-order valence-electron chi connectivity index (χ0n) is 20.7. The number of para-hydroxylation sites is 1. The smallest absolute Gasteiger partial charge is 0.258 e. The second-order valence-electron chi connectivity index (χ2n) is 8.70. The van der Waals surface area contributed by atoms with Crippen LogP contribution in [0.25, 0.3) is 22.0 Å². The highest BCUT2D eigenvalue weighted by Gasteiger charge is 2.37. The van der Waals surface area contributed by atoms with Crippen LogP contribution in [0.1, 0.15) is 36.9 Å². The van der Waals surface area contributed by atoms with Crippen molar-refractivity contribution < 1.29 is 14.3 Å². The molecule has 8 heteroatoms. The number of aromatic amines is 1. The van der Waals surface area contributed by atoms with E-state index in [1.54, 1.807) is 39.3 Å². The molecule has 2 heterocycles. The number of ether oxygens (including phenoxy) is 2. The molecule has 0 bridgehead atoms. The predicted octanol–water partition coefficient (Wildman–Crippen LogP) is 5.95. The minimum atomic E-state index is -0.467. The standard InChI is InChI=1S/C29H26ClN3O4/c1-4-25(34)33-23(19-11-8-12-24(36-2)28(19)37-3)16-22(32-33)27-26(17-9-6-5-7-10-17)20-15-18(30)13-14-21(20)31-29(27)35/h5-15,23H,4,16H2,1-3H3,(H,31,35)/t23-/m0/s1. The molecule has 0 unspecified atom stereocenters. The van der Waals surface area contributed by atoms with Crippen LogP contribution in [0.15, 0.2) is 76.6 Å². The minimum Gasteiger partial charge on any atom is -0.493 e. The second-order valence-corrected chi connectivity index (χ2v) is 9.14. The van der Waals surface area contributed by atoms with Crippen LogP contribution in [0.2, 0.25) is 5.02 Å². The Bertz CT molecular complexity index is 1580. The zero-order valence-corrected chi connectivity index (χ0v) is 21.5. The van der Waals surface area contributed by atoms with Gasteiger partial charge in [-0.05, 0) is 29.8 Å². The molecule has 3 aromatic carbocycles. The number of nitrogens with zero attached hydrogens (tertiary/aromatic N) is 2. The molecule has 0 saturated carbocycles. The molecule has 1 atom stereocenters. The van der Waals surface area contributed by atoms with Gasteiger partial charge < -0.3 is 14.5 Å². The van der Waals surface area contributed by atoms with Crippen molar-refractivity contribution in [3.05, 3.63) is 93.2 Å². The van der Waals surface area contributed by atoms with E-state index in [0.717, 1.165) is 22.1 Å². The number of amides is 1. The van der Waals surface area contributed by atoms with Crippen LogP contribution in [0.3, 0.4) is 0 Å². The van der Waals surface area contributed by atoms with Gasteiger partial charge in [-0.3, -0.25) is 9.59 Å². The Morgan fingerprint density at radius 3 is 2.54 bits per heavy atom. The molecule has 1 aromatic heterocycles. The quantitative estimate of drug-likeness (QED) is 0.344. The number of benzene rings is 3. The number of halogens is 1. The summed E-state index contributed by atoms with van der Waals surface area (Å²) < 4.78 is 11.2. The van der Waals surface area contributed by atoms with Gasteiger partial charge in [-0.2, -0.15) is 5.10 Å². The third kappa shape index (κ3) is 4.36. The van der Waals surface area contributed by atoms with Crippen LogP contribution in [-0.2, 0) is 4.79 Å². The van der Waals surface area contributed by atoms with Crippen LogP contribution in [-0.4, -0.2) is 35.8 Å². The molecule has 1 N–H and O–H groups in total. The lowest BCUT2D eigenvalue weighted by Gasteiger charge is -2.24. The predicted molar refractivity (Wildman–Crippen MR) is 146 cm³/mol. The van der Waals surface area contributed by atoms with E-state index < -0.39 is 6.04 Å². The second kappa shape index (κ2) is 10.1. The van der Waals surface area contributed by atoms with Crippen molar-refractivity contribution in [3.8, 4) is 22.6 Å². The highest BCUT2D eigenvalue weighted by molar-refractivity contribution is 6.31. The SMILES string of the molecule is CCC(=O)N1N=C(c2c(-c3ccccc3)c3cc(Cl)ccc3[nH]c2=O)C[C@H]1c1cccc(OC)c1OC. The number of aromatic nitrogens is 1.